The predicted molar refractivity (Wildman–Crippen MR) is 68.2 cm³/mol. The molecule has 0 aliphatic rings. The summed E-state index contributed by atoms with van der Waals surface area (Å²) < 4.78 is 0. The molecule has 0 fully saturated rings. The summed E-state index contributed by atoms with van der Waals surface area (Å²) in [5, 5.41) is 0.867. The van der Waals surface area contributed by atoms with Crippen molar-refractivity contribution in [3.8, 4) is 11.4 Å². The van der Waals surface area contributed by atoms with Gasteiger partial charge in [0, 0.05) is 23.9 Å². The fourth-order valence-electron chi connectivity index (χ4n) is 1.36. The van der Waals surface area contributed by atoms with Crippen molar-refractivity contribution in [1.29, 1.82) is 0 Å². The Kier molecular flexibility index (Phi) is 3.47. The Labute approximate surface area is 107 Å². The Morgan fingerprint density at radius 1 is 1.29 bits per heavy atom. The lowest BCUT2D eigenvalue weighted by Gasteiger charge is -2.03. The zero-order chi connectivity index (χ0) is 12.4. The minimum atomic E-state index is -0.247. The molecule has 88 valence electrons. The summed E-state index contributed by atoms with van der Waals surface area (Å²) >= 11 is 11.7. The fraction of sp³-hybridized carbons (Fsp3) is 0.0909. The van der Waals surface area contributed by atoms with Gasteiger partial charge in [-0.2, -0.15) is 0 Å². The lowest BCUT2D eigenvalue weighted by Crippen LogP contribution is -2.17. The van der Waals surface area contributed by atoms with Crippen molar-refractivity contribution in [2.75, 3.05) is 0 Å². The zero-order valence-electron chi connectivity index (χ0n) is 8.71. The van der Waals surface area contributed by atoms with Gasteiger partial charge in [-0.15, -0.1) is 0 Å². The third-order valence-electron chi connectivity index (χ3n) is 2.29. The molecule has 3 N–H and O–H groups in total. The van der Waals surface area contributed by atoms with Gasteiger partial charge in [-0.3, -0.25) is 4.79 Å². The van der Waals surface area contributed by atoms with Crippen molar-refractivity contribution >= 4 is 23.2 Å². The van der Waals surface area contributed by atoms with Crippen molar-refractivity contribution < 1.29 is 0 Å². The van der Waals surface area contributed by atoms with Crippen molar-refractivity contribution in [3.63, 3.8) is 0 Å². The second-order valence-corrected chi connectivity index (χ2v) is 4.23. The van der Waals surface area contributed by atoms with Crippen LogP contribution in [-0.4, -0.2) is 9.97 Å². The van der Waals surface area contributed by atoms with Crippen LogP contribution in [0, 0.1) is 0 Å². The minimum Gasteiger partial charge on any atom is -0.326 e. The second kappa shape index (κ2) is 4.87. The number of aromatic nitrogens is 2. The van der Waals surface area contributed by atoms with E-state index in [1.54, 1.807) is 18.2 Å². The number of aromatic amines is 1. The SMILES string of the molecule is NCc1cnc(-c2ccc(Cl)c(Cl)c2)[nH]c1=O. The van der Waals surface area contributed by atoms with Gasteiger partial charge in [0.15, 0.2) is 0 Å². The molecule has 0 amide bonds. The van der Waals surface area contributed by atoms with Crippen LogP contribution in [-0.2, 0) is 6.54 Å². The molecule has 0 spiro atoms. The van der Waals surface area contributed by atoms with Crippen LogP contribution in [0.4, 0.5) is 0 Å². The van der Waals surface area contributed by atoms with Crippen LogP contribution in [0.2, 0.25) is 10.0 Å². The molecule has 0 bridgehead atoms. The minimum absolute atomic E-state index is 0.157. The van der Waals surface area contributed by atoms with Crippen LogP contribution in [0.25, 0.3) is 11.4 Å². The monoisotopic (exact) mass is 269 g/mol. The van der Waals surface area contributed by atoms with Crippen molar-refractivity contribution in [1.82, 2.24) is 9.97 Å². The molecule has 0 aliphatic heterocycles. The maximum Gasteiger partial charge on any atom is 0.255 e. The Balaban J connectivity index is 2.50. The molecule has 1 heterocycles. The molecule has 0 atom stereocenters. The van der Waals surface area contributed by atoms with Crippen LogP contribution in [0.3, 0.4) is 0 Å². The van der Waals surface area contributed by atoms with E-state index in [-0.39, 0.29) is 12.1 Å². The standard InChI is InChI=1S/C11H9Cl2N3O/c12-8-2-1-6(3-9(8)13)10-15-5-7(4-14)11(17)16-10/h1-3,5H,4,14H2,(H,15,16,17). The number of hydrogen-bond acceptors (Lipinski definition) is 3. The molecule has 1 aromatic heterocycles. The first kappa shape index (κ1) is 12.1. The molecule has 0 radical (unpaired) electrons. The van der Waals surface area contributed by atoms with E-state index in [2.05, 4.69) is 9.97 Å². The maximum absolute atomic E-state index is 11.6. The van der Waals surface area contributed by atoms with Crippen LogP contribution >= 0.6 is 23.2 Å². The summed E-state index contributed by atoms with van der Waals surface area (Å²) in [7, 11) is 0. The summed E-state index contributed by atoms with van der Waals surface area (Å²) in [6.07, 6.45) is 1.46. The van der Waals surface area contributed by atoms with Crippen molar-refractivity contribution in [2.24, 2.45) is 5.73 Å². The second-order valence-electron chi connectivity index (χ2n) is 3.42. The van der Waals surface area contributed by atoms with Gasteiger partial charge >= 0.3 is 0 Å². The van der Waals surface area contributed by atoms with Gasteiger partial charge in [-0.05, 0) is 18.2 Å². The summed E-state index contributed by atoms with van der Waals surface area (Å²) in [6, 6.07) is 5.02. The van der Waals surface area contributed by atoms with Gasteiger partial charge in [0.25, 0.3) is 5.56 Å². The molecule has 1 aromatic carbocycles. The van der Waals surface area contributed by atoms with Gasteiger partial charge in [0.1, 0.15) is 5.82 Å². The van der Waals surface area contributed by atoms with E-state index in [1.807, 2.05) is 0 Å². The topological polar surface area (TPSA) is 71.8 Å². The van der Waals surface area contributed by atoms with Gasteiger partial charge in [-0.1, -0.05) is 23.2 Å². The number of nitrogens with two attached hydrogens (primary N) is 1. The number of H-pyrrole nitrogens is 1. The molecule has 0 saturated heterocycles. The van der Waals surface area contributed by atoms with E-state index in [1.165, 1.54) is 6.20 Å². The number of halogens is 2. The number of rotatable bonds is 2. The first-order valence-corrected chi connectivity index (χ1v) is 5.61. The first-order chi connectivity index (χ1) is 8.11. The lowest BCUT2D eigenvalue weighted by atomic mass is 10.2. The Morgan fingerprint density at radius 3 is 2.65 bits per heavy atom. The average molecular weight is 270 g/mol. The van der Waals surface area contributed by atoms with Gasteiger partial charge in [0.2, 0.25) is 0 Å². The third-order valence-corrected chi connectivity index (χ3v) is 3.03. The van der Waals surface area contributed by atoms with Crippen LogP contribution in [0.15, 0.2) is 29.2 Å². The summed E-state index contributed by atoms with van der Waals surface area (Å²) in [5.74, 6) is 0.436. The third kappa shape index (κ3) is 2.49. The van der Waals surface area contributed by atoms with Crippen molar-refractivity contribution in [3.05, 3.63) is 50.4 Å². The Hall–Kier alpha value is -1.36. The van der Waals surface area contributed by atoms with E-state index in [0.29, 0.717) is 27.0 Å². The molecule has 0 unspecified atom stereocenters. The molecule has 0 saturated carbocycles. The average Bonchev–Trinajstić information content (AvgIpc) is 2.32. The van der Waals surface area contributed by atoms with E-state index in [4.69, 9.17) is 28.9 Å². The molecule has 6 heteroatoms. The highest BCUT2D eigenvalue weighted by molar-refractivity contribution is 6.42. The zero-order valence-corrected chi connectivity index (χ0v) is 10.2. The van der Waals surface area contributed by atoms with E-state index < -0.39 is 0 Å². The lowest BCUT2D eigenvalue weighted by molar-refractivity contribution is 0.979. The highest BCUT2D eigenvalue weighted by Gasteiger charge is 2.05. The quantitative estimate of drug-likeness (QED) is 0.878. The summed E-state index contributed by atoms with van der Waals surface area (Å²) in [4.78, 5) is 18.3. The molecule has 17 heavy (non-hydrogen) atoms. The highest BCUT2D eigenvalue weighted by atomic mass is 35.5. The summed E-state index contributed by atoms with van der Waals surface area (Å²) in [5.41, 5.74) is 6.27. The number of nitrogens with one attached hydrogen (secondary N) is 1. The van der Waals surface area contributed by atoms with Crippen molar-refractivity contribution in [2.45, 2.75) is 6.54 Å². The molecule has 2 rings (SSSR count). The molecule has 2 aromatic rings. The van der Waals surface area contributed by atoms with Crippen LogP contribution in [0.5, 0.6) is 0 Å². The Morgan fingerprint density at radius 2 is 2.06 bits per heavy atom. The molecular formula is C11H9Cl2N3O. The number of hydrogen-bond donors (Lipinski definition) is 2. The molecule has 0 aliphatic carbocycles. The number of benzene rings is 1. The van der Waals surface area contributed by atoms with Gasteiger partial charge < -0.3 is 10.7 Å². The fourth-order valence-corrected chi connectivity index (χ4v) is 1.65. The largest absolute Gasteiger partial charge is 0.326 e. The predicted octanol–water partition coefficient (Wildman–Crippen LogP) is 2.20. The van der Waals surface area contributed by atoms with Crippen LogP contribution < -0.4 is 11.3 Å². The number of nitrogens with zero attached hydrogens (tertiary/aromatic N) is 1. The van der Waals surface area contributed by atoms with E-state index in [0.717, 1.165) is 0 Å². The highest BCUT2D eigenvalue weighted by Crippen LogP contribution is 2.26. The summed E-state index contributed by atoms with van der Waals surface area (Å²) in [6.45, 7) is 0.157. The maximum atomic E-state index is 11.6. The van der Waals surface area contributed by atoms with Gasteiger partial charge in [0.05, 0.1) is 10.0 Å². The van der Waals surface area contributed by atoms with E-state index in [9.17, 15) is 4.79 Å². The van der Waals surface area contributed by atoms with Gasteiger partial charge in [-0.25, -0.2) is 4.98 Å². The van der Waals surface area contributed by atoms with Crippen LogP contribution in [0.1, 0.15) is 5.56 Å². The first-order valence-electron chi connectivity index (χ1n) is 4.85. The Bertz CT molecular complexity index is 610. The molecule has 4 nitrogen and oxygen atoms in total. The smallest absolute Gasteiger partial charge is 0.255 e. The molecular weight excluding hydrogens is 261 g/mol. The normalized spacial score (nSPS) is 10.5. The van der Waals surface area contributed by atoms with E-state index >= 15 is 0 Å².